The van der Waals surface area contributed by atoms with Crippen molar-refractivity contribution >= 4 is 17.7 Å². The van der Waals surface area contributed by atoms with Crippen molar-refractivity contribution < 1.29 is 14.3 Å². The van der Waals surface area contributed by atoms with E-state index in [9.17, 15) is 9.59 Å². The summed E-state index contributed by atoms with van der Waals surface area (Å²) in [6.45, 7) is 7.80. The van der Waals surface area contributed by atoms with Crippen molar-refractivity contribution in [2.75, 3.05) is 31.6 Å². The van der Waals surface area contributed by atoms with E-state index in [1.54, 1.807) is 30.2 Å². The second kappa shape index (κ2) is 8.94. The van der Waals surface area contributed by atoms with E-state index in [1.165, 1.54) is 0 Å². The van der Waals surface area contributed by atoms with Crippen LogP contribution in [0.5, 0.6) is 0 Å². The average Bonchev–Trinajstić information content (AvgIpc) is 2.49. The maximum atomic E-state index is 11.9. The Morgan fingerprint density at radius 3 is 2.62 bits per heavy atom. The number of hydrogen-bond donors (Lipinski definition) is 1. The molecule has 0 saturated heterocycles. The first-order valence-corrected chi connectivity index (χ1v) is 7.27. The molecule has 116 valence electrons. The number of amides is 1. The van der Waals surface area contributed by atoms with Gasteiger partial charge in [0.1, 0.15) is 11.4 Å². The molecule has 21 heavy (non-hydrogen) atoms. The maximum Gasteiger partial charge on any atom is 0.341 e. The minimum absolute atomic E-state index is 0.0844. The summed E-state index contributed by atoms with van der Waals surface area (Å²) in [7, 11) is 0. The molecule has 1 aromatic heterocycles. The lowest BCUT2D eigenvalue weighted by Crippen LogP contribution is -2.31. The Kier molecular flexibility index (Phi) is 7.21. The van der Waals surface area contributed by atoms with Crippen molar-refractivity contribution in [3.8, 4) is 0 Å². The van der Waals surface area contributed by atoms with E-state index < -0.39 is 5.97 Å². The summed E-state index contributed by atoms with van der Waals surface area (Å²) >= 11 is 0. The molecule has 0 aromatic carbocycles. The Bertz CT molecular complexity index is 473. The summed E-state index contributed by atoms with van der Waals surface area (Å²) in [5.74, 6) is 0.118. The van der Waals surface area contributed by atoms with Gasteiger partial charge in [0.25, 0.3) is 0 Å². The van der Waals surface area contributed by atoms with E-state index in [0.717, 1.165) is 0 Å². The van der Waals surface area contributed by atoms with Crippen LogP contribution in [-0.2, 0) is 9.53 Å². The minimum Gasteiger partial charge on any atom is -0.462 e. The smallest absolute Gasteiger partial charge is 0.341 e. The Labute approximate surface area is 125 Å². The van der Waals surface area contributed by atoms with Gasteiger partial charge in [-0.15, -0.1) is 0 Å². The van der Waals surface area contributed by atoms with Gasteiger partial charge >= 0.3 is 5.97 Å². The number of rotatable bonds is 8. The molecule has 0 fully saturated rings. The predicted octanol–water partition coefficient (Wildman–Crippen LogP) is 1.93. The second-order valence-electron chi connectivity index (χ2n) is 4.36. The Morgan fingerprint density at radius 1 is 1.29 bits per heavy atom. The second-order valence-corrected chi connectivity index (χ2v) is 4.36. The van der Waals surface area contributed by atoms with Gasteiger partial charge in [-0.25, -0.2) is 9.78 Å². The highest BCUT2D eigenvalue weighted by molar-refractivity contribution is 5.94. The first-order chi connectivity index (χ1) is 10.1. The molecule has 0 aliphatic carbocycles. The molecule has 1 rings (SSSR count). The van der Waals surface area contributed by atoms with E-state index in [2.05, 4.69) is 10.3 Å². The molecule has 0 radical (unpaired) electrons. The molecule has 1 aromatic rings. The predicted molar refractivity (Wildman–Crippen MR) is 81.2 cm³/mol. The summed E-state index contributed by atoms with van der Waals surface area (Å²) in [6.07, 6.45) is 1.96. The van der Waals surface area contributed by atoms with Crippen LogP contribution in [0.15, 0.2) is 18.3 Å². The summed E-state index contributed by atoms with van der Waals surface area (Å²) in [6, 6.07) is 3.33. The fraction of sp³-hybridized carbons (Fsp3) is 0.533. The molecule has 0 unspecified atom stereocenters. The number of ether oxygens (including phenoxy) is 1. The van der Waals surface area contributed by atoms with Crippen LogP contribution >= 0.6 is 0 Å². The third-order valence-electron chi connectivity index (χ3n) is 3.05. The number of pyridine rings is 1. The van der Waals surface area contributed by atoms with E-state index >= 15 is 0 Å². The molecule has 0 aliphatic rings. The standard InChI is InChI=1S/C15H23N3O3/c1-4-18(5-2)13(19)9-11-17-14-12(8-7-10-16-14)15(20)21-6-3/h7-8,10H,4-6,9,11H2,1-3H3,(H,16,17). The van der Waals surface area contributed by atoms with Gasteiger partial charge in [-0.05, 0) is 32.9 Å². The number of nitrogens with one attached hydrogen (secondary N) is 1. The summed E-state index contributed by atoms with van der Waals surface area (Å²) < 4.78 is 4.97. The number of carbonyl (C=O) groups excluding carboxylic acids is 2. The molecular weight excluding hydrogens is 270 g/mol. The quantitative estimate of drug-likeness (QED) is 0.742. The molecule has 0 saturated carbocycles. The molecule has 0 spiro atoms. The lowest BCUT2D eigenvalue weighted by molar-refractivity contribution is -0.130. The summed E-state index contributed by atoms with van der Waals surface area (Å²) in [5.41, 5.74) is 0.384. The highest BCUT2D eigenvalue weighted by atomic mass is 16.5. The first kappa shape index (κ1) is 16.9. The molecule has 6 nitrogen and oxygen atoms in total. The Hall–Kier alpha value is -2.11. The van der Waals surface area contributed by atoms with Gasteiger partial charge in [-0.2, -0.15) is 0 Å². The lowest BCUT2D eigenvalue weighted by atomic mass is 10.2. The van der Waals surface area contributed by atoms with Crippen LogP contribution in [0.25, 0.3) is 0 Å². The van der Waals surface area contributed by atoms with Gasteiger partial charge < -0.3 is 15.0 Å². The van der Waals surface area contributed by atoms with Crippen LogP contribution in [0.3, 0.4) is 0 Å². The number of anilines is 1. The van der Waals surface area contributed by atoms with Crippen molar-refractivity contribution in [1.82, 2.24) is 9.88 Å². The number of aromatic nitrogens is 1. The Balaban J connectivity index is 2.60. The molecular formula is C15H23N3O3. The third-order valence-corrected chi connectivity index (χ3v) is 3.05. The first-order valence-electron chi connectivity index (χ1n) is 7.27. The average molecular weight is 293 g/mol. The zero-order valence-electron chi connectivity index (χ0n) is 12.9. The SMILES string of the molecule is CCOC(=O)c1cccnc1NCCC(=O)N(CC)CC. The molecule has 0 bridgehead atoms. The van der Waals surface area contributed by atoms with Crippen LogP contribution in [0, 0.1) is 0 Å². The number of nitrogens with zero attached hydrogens (tertiary/aromatic N) is 2. The number of esters is 1. The van der Waals surface area contributed by atoms with Gasteiger partial charge in [0.15, 0.2) is 0 Å². The molecule has 0 atom stereocenters. The van der Waals surface area contributed by atoms with E-state index in [-0.39, 0.29) is 5.91 Å². The van der Waals surface area contributed by atoms with E-state index in [1.807, 2.05) is 13.8 Å². The fourth-order valence-electron chi connectivity index (χ4n) is 1.94. The molecule has 0 aliphatic heterocycles. The van der Waals surface area contributed by atoms with Crippen molar-refractivity contribution in [3.05, 3.63) is 23.9 Å². The fourth-order valence-corrected chi connectivity index (χ4v) is 1.94. The van der Waals surface area contributed by atoms with Crippen molar-refractivity contribution in [1.29, 1.82) is 0 Å². The monoisotopic (exact) mass is 293 g/mol. The zero-order valence-corrected chi connectivity index (χ0v) is 12.9. The minimum atomic E-state index is -0.414. The largest absolute Gasteiger partial charge is 0.462 e. The topological polar surface area (TPSA) is 71.5 Å². The Morgan fingerprint density at radius 2 is 2.00 bits per heavy atom. The van der Waals surface area contributed by atoms with E-state index in [4.69, 9.17) is 4.74 Å². The van der Waals surface area contributed by atoms with Gasteiger partial charge in [0, 0.05) is 32.3 Å². The highest BCUT2D eigenvalue weighted by Crippen LogP contribution is 2.13. The van der Waals surface area contributed by atoms with Gasteiger partial charge in [0.2, 0.25) is 5.91 Å². The highest BCUT2D eigenvalue weighted by Gasteiger charge is 2.14. The zero-order chi connectivity index (χ0) is 15.7. The number of hydrogen-bond acceptors (Lipinski definition) is 5. The summed E-state index contributed by atoms with van der Waals surface area (Å²) in [4.78, 5) is 29.6. The molecule has 1 amide bonds. The van der Waals surface area contributed by atoms with Gasteiger partial charge in [0.05, 0.1) is 6.61 Å². The lowest BCUT2D eigenvalue weighted by Gasteiger charge is -2.18. The third kappa shape index (κ3) is 5.06. The van der Waals surface area contributed by atoms with Crippen LogP contribution in [-0.4, -0.2) is 48.0 Å². The van der Waals surface area contributed by atoms with Crippen molar-refractivity contribution in [2.24, 2.45) is 0 Å². The van der Waals surface area contributed by atoms with Gasteiger partial charge in [-0.1, -0.05) is 0 Å². The van der Waals surface area contributed by atoms with Crippen molar-refractivity contribution in [3.63, 3.8) is 0 Å². The van der Waals surface area contributed by atoms with Crippen LogP contribution in [0.2, 0.25) is 0 Å². The normalized spacial score (nSPS) is 10.0. The number of carbonyl (C=O) groups is 2. The van der Waals surface area contributed by atoms with Crippen molar-refractivity contribution in [2.45, 2.75) is 27.2 Å². The molecule has 1 heterocycles. The van der Waals surface area contributed by atoms with Crippen LogP contribution in [0.4, 0.5) is 5.82 Å². The van der Waals surface area contributed by atoms with Crippen LogP contribution in [0.1, 0.15) is 37.6 Å². The molecule has 6 heteroatoms. The maximum absolute atomic E-state index is 11.9. The van der Waals surface area contributed by atoms with Gasteiger partial charge in [-0.3, -0.25) is 4.79 Å². The molecule has 1 N–H and O–H groups in total. The van der Waals surface area contributed by atoms with Crippen LogP contribution < -0.4 is 5.32 Å². The van der Waals surface area contributed by atoms with E-state index in [0.29, 0.717) is 44.0 Å². The summed E-state index contributed by atoms with van der Waals surface area (Å²) in [5, 5.41) is 3.03.